The first-order chi connectivity index (χ1) is 7.65. The topological polar surface area (TPSA) is 71.1 Å². The van der Waals surface area contributed by atoms with Crippen LogP contribution < -0.4 is 0 Å². The second-order valence-corrected chi connectivity index (χ2v) is 3.32. The van der Waals surface area contributed by atoms with E-state index in [4.69, 9.17) is 14.2 Å². The molecule has 2 atom stereocenters. The van der Waals surface area contributed by atoms with Crippen molar-refractivity contribution in [2.24, 2.45) is 0 Å². The number of cyclic esters (lactones) is 2. The van der Waals surface area contributed by atoms with Gasteiger partial charge >= 0.3 is 12.1 Å². The fourth-order valence-electron chi connectivity index (χ4n) is 1.13. The van der Waals surface area contributed by atoms with Crippen molar-refractivity contribution in [3.8, 4) is 0 Å². The molecule has 16 heavy (non-hydrogen) atoms. The lowest BCUT2D eigenvalue weighted by atomic mass is 10.4. The highest BCUT2D eigenvalue weighted by Crippen LogP contribution is 2.09. The summed E-state index contributed by atoms with van der Waals surface area (Å²) in [6.07, 6.45) is -0.838. The molecule has 0 aromatic heterocycles. The Morgan fingerprint density at radius 2 is 2.31 bits per heavy atom. The van der Waals surface area contributed by atoms with Crippen molar-refractivity contribution < 1.29 is 28.5 Å². The molecule has 0 spiro atoms. The average molecular weight is 232 g/mol. The molecule has 1 fully saturated rings. The van der Waals surface area contributed by atoms with E-state index in [-0.39, 0.29) is 19.2 Å². The lowest BCUT2D eigenvalue weighted by molar-refractivity contribution is -0.183. The van der Waals surface area contributed by atoms with E-state index < -0.39 is 18.5 Å². The van der Waals surface area contributed by atoms with Crippen molar-refractivity contribution in [2.45, 2.75) is 39.1 Å². The normalized spacial score (nSPS) is 21.1. The molecule has 0 bridgehead atoms. The van der Waals surface area contributed by atoms with Crippen molar-refractivity contribution in [2.75, 3.05) is 13.2 Å². The van der Waals surface area contributed by atoms with Crippen LogP contribution in [0.2, 0.25) is 0 Å². The van der Waals surface area contributed by atoms with Crippen LogP contribution in [0.25, 0.3) is 0 Å². The Balaban J connectivity index is 2.23. The van der Waals surface area contributed by atoms with Crippen LogP contribution in [-0.4, -0.2) is 37.7 Å². The van der Waals surface area contributed by atoms with Gasteiger partial charge in [0.2, 0.25) is 6.29 Å². The zero-order valence-corrected chi connectivity index (χ0v) is 9.43. The molecule has 0 radical (unpaired) electrons. The van der Waals surface area contributed by atoms with Crippen molar-refractivity contribution in [1.29, 1.82) is 0 Å². The third kappa shape index (κ3) is 4.06. The number of rotatable bonds is 6. The highest BCUT2D eigenvalue weighted by Gasteiger charge is 2.26. The van der Waals surface area contributed by atoms with Crippen molar-refractivity contribution in [1.82, 2.24) is 0 Å². The summed E-state index contributed by atoms with van der Waals surface area (Å²) in [5.74, 6) is -0.313. The standard InChI is InChI=1S/C10H16O6/c1-3-8(11)16-9(4-2)13-5-7-6-14-10(12)15-7/h7,9H,3-6H2,1-2H3. The van der Waals surface area contributed by atoms with Crippen LogP contribution >= 0.6 is 0 Å². The molecule has 0 aromatic rings. The van der Waals surface area contributed by atoms with E-state index in [2.05, 4.69) is 4.74 Å². The largest absolute Gasteiger partial charge is 0.508 e. The third-order valence-corrected chi connectivity index (χ3v) is 2.00. The maximum absolute atomic E-state index is 11.0. The quantitative estimate of drug-likeness (QED) is 0.506. The van der Waals surface area contributed by atoms with Crippen molar-refractivity contribution in [3.05, 3.63) is 0 Å². The Hall–Kier alpha value is -1.30. The minimum atomic E-state index is -0.688. The molecule has 0 N–H and O–H groups in total. The van der Waals surface area contributed by atoms with E-state index in [9.17, 15) is 9.59 Å². The van der Waals surface area contributed by atoms with E-state index in [0.29, 0.717) is 12.8 Å². The lowest BCUT2D eigenvalue weighted by Crippen LogP contribution is -2.26. The smallest absolute Gasteiger partial charge is 0.436 e. The maximum Gasteiger partial charge on any atom is 0.508 e. The summed E-state index contributed by atoms with van der Waals surface area (Å²) in [5.41, 5.74) is 0. The molecule has 2 unspecified atom stereocenters. The molecule has 6 nitrogen and oxygen atoms in total. The summed E-state index contributed by atoms with van der Waals surface area (Å²) in [5, 5.41) is 0. The summed E-state index contributed by atoms with van der Waals surface area (Å²) in [7, 11) is 0. The van der Waals surface area contributed by atoms with Gasteiger partial charge in [0.1, 0.15) is 6.61 Å². The predicted octanol–water partition coefficient (Wildman–Crippen LogP) is 1.23. The first kappa shape index (κ1) is 12.8. The van der Waals surface area contributed by atoms with Gasteiger partial charge in [-0.3, -0.25) is 4.79 Å². The van der Waals surface area contributed by atoms with Gasteiger partial charge in [0.25, 0.3) is 0 Å². The lowest BCUT2D eigenvalue weighted by Gasteiger charge is -2.17. The van der Waals surface area contributed by atoms with Crippen LogP contribution in [0.4, 0.5) is 4.79 Å². The van der Waals surface area contributed by atoms with Gasteiger partial charge in [-0.2, -0.15) is 0 Å². The molecule has 1 heterocycles. The molecule has 0 aliphatic carbocycles. The van der Waals surface area contributed by atoms with Gasteiger partial charge in [-0.25, -0.2) is 4.79 Å². The Kier molecular flexibility index (Phi) is 5.04. The number of carbonyl (C=O) groups excluding carboxylic acids is 2. The van der Waals surface area contributed by atoms with Crippen LogP contribution in [-0.2, 0) is 23.7 Å². The zero-order valence-electron chi connectivity index (χ0n) is 9.43. The van der Waals surface area contributed by atoms with Crippen LogP contribution in [0.15, 0.2) is 0 Å². The Morgan fingerprint density at radius 1 is 1.56 bits per heavy atom. The van der Waals surface area contributed by atoms with Gasteiger partial charge in [0, 0.05) is 12.8 Å². The van der Waals surface area contributed by atoms with Crippen LogP contribution in [0, 0.1) is 0 Å². The molecule has 1 saturated heterocycles. The van der Waals surface area contributed by atoms with Crippen molar-refractivity contribution >= 4 is 12.1 Å². The summed E-state index contributed by atoms with van der Waals surface area (Å²) in [6, 6.07) is 0. The SMILES string of the molecule is CCC(=O)OC(CC)OCC1COC(=O)O1. The van der Waals surface area contributed by atoms with Crippen LogP contribution in [0.3, 0.4) is 0 Å². The van der Waals surface area contributed by atoms with Gasteiger partial charge in [-0.05, 0) is 0 Å². The van der Waals surface area contributed by atoms with Crippen LogP contribution in [0.1, 0.15) is 26.7 Å². The van der Waals surface area contributed by atoms with Crippen LogP contribution in [0.5, 0.6) is 0 Å². The number of hydrogen-bond donors (Lipinski definition) is 0. The number of esters is 1. The van der Waals surface area contributed by atoms with Gasteiger partial charge in [0.05, 0.1) is 6.61 Å². The Labute approximate surface area is 93.8 Å². The van der Waals surface area contributed by atoms with E-state index in [0.717, 1.165) is 0 Å². The summed E-state index contributed by atoms with van der Waals surface area (Å²) in [6.45, 7) is 3.89. The Bertz CT molecular complexity index is 252. The first-order valence-electron chi connectivity index (χ1n) is 5.30. The molecule has 1 aliphatic heterocycles. The van der Waals surface area contributed by atoms with Gasteiger partial charge in [-0.15, -0.1) is 0 Å². The number of hydrogen-bond acceptors (Lipinski definition) is 6. The van der Waals surface area contributed by atoms with E-state index in [1.165, 1.54) is 0 Å². The highest BCUT2D eigenvalue weighted by atomic mass is 16.8. The van der Waals surface area contributed by atoms with Crippen molar-refractivity contribution in [3.63, 3.8) is 0 Å². The maximum atomic E-state index is 11.0. The molecular weight excluding hydrogens is 216 g/mol. The summed E-state index contributed by atoms with van der Waals surface area (Å²) in [4.78, 5) is 21.6. The molecular formula is C10H16O6. The number of ether oxygens (including phenoxy) is 4. The van der Waals surface area contributed by atoms with E-state index in [1.807, 2.05) is 6.92 Å². The molecule has 1 aliphatic rings. The molecule has 1 rings (SSSR count). The zero-order chi connectivity index (χ0) is 12.0. The molecule has 0 saturated carbocycles. The average Bonchev–Trinajstić information content (AvgIpc) is 2.69. The molecule has 92 valence electrons. The van der Waals surface area contributed by atoms with E-state index in [1.54, 1.807) is 6.92 Å². The highest BCUT2D eigenvalue weighted by molar-refractivity contribution is 5.68. The summed E-state index contributed by atoms with van der Waals surface area (Å²) >= 11 is 0. The Morgan fingerprint density at radius 3 is 2.81 bits per heavy atom. The number of carbonyl (C=O) groups is 2. The van der Waals surface area contributed by atoms with Gasteiger partial charge in [0.15, 0.2) is 6.10 Å². The second-order valence-electron chi connectivity index (χ2n) is 3.32. The van der Waals surface area contributed by atoms with E-state index >= 15 is 0 Å². The fourth-order valence-corrected chi connectivity index (χ4v) is 1.13. The van der Waals surface area contributed by atoms with Gasteiger partial charge in [-0.1, -0.05) is 13.8 Å². The monoisotopic (exact) mass is 232 g/mol. The predicted molar refractivity (Wildman–Crippen MR) is 52.6 cm³/mol. The molecule has 0 aromatic carbocycles. The molecule has 0 amide bonds. The minimum absolute atomic E-state index is 0.168. The first-order valence-corrected chi connectivity index (χ1v) is 5.30. The van der Waals surface area contributed by atoms with Gasteiger partial charge < -0.3 is 18.9 Å². The molecule has 6 heteroatoms. The fraction of sp³-hybridized carbons (Fsp3) is 0.800. The third-order valence-electron chi connectivity index (χ3n) is 2.00. The second kappa shape index (κ2) is 6.32. The minimum Gasteiger partial charge on any atom is -0.436 e. The summed E-state index contributed by atoms with van der Waals surface area (Å²) < 4.78 is 19.6.